The number of nitrogens with zero attached hydrogens (tertiary/aromatic N) is 2. The smallest absolute Gasteiger partial charge is 0.290 e. The van der Waals surface area contributed by atoms with Gasteiger partial charge in [-0.3, -0.25) is 9.59 Å². The zero-order chi connectivity index (χ0) is 20.9. The predicted molar refractivity (Wildman–Crippen MR) is 112 cm³/mol. The number of likely N-dealkylation sites (N-methyl/N-ethyl adjacent to an activating group) is 1. The van der Waals surface area contributed by atoms with Crippen molar-refractivity contribution in [1.29, 1.82) is 0 Å². The van der Waals surface area contributed by atoms with Gasteiger partial charge in [-0.25, -0.2) is 0 Å². The molecule has 1 fully saturated rings. The number of hydrogen-bond acceptors (Lipinski definition) is 4. The second-order valence-corrected chi connectivity index (χ2v) is 9.49. The van der Waals surface area contributed by atoms with Crippen LogP contribution in [0.3, 0.4) is 0 Å². The van der Waals surface area contributed by atoms with Crippen LogP contribution in [-0.4, -0.2) is 54.8 Å². The Morgan fingerprint density at radius 2 is 1.90 bits per heavy atom. The van der Waals surface area contributed by atoms with Crippen LogP contribution in [0, 0.1) is 17.8 Å². The molecule has 5 nitrogen and oxygen atoms in total. The molecule has 3 aliphatic rings. The molecule has 2 aliphatic heterocycles. The first-order chi connectivity index (χ1) is 13.8. The summed E-state index contributed by atoms with van der Waals surface area (Å²) in [6, 6.07) is 7.03. The van der Waals surface area contributed by atoms with Gasteiger partial charge in [-0.2, -0.15) is 0 Å². The second-order valence-electron chi connectivity index (χ2n) is 9.06. The summed E-state index contributed by atoms with van der Waals surface area (Å²) in [6.45, 7) is 5.64. The molecule has 0 N–H and O–H groups in total. The summed E-state index contributed by atoms with van der Waals surface area (Å²) in [5.41, 5.74) is 1.39. The lowest BCUT2D eigenvalue weighted by molar-refractivity contribution is -0.137. The summed E-state index contributed by atoms with van der Waals surface area (Å²) in [5, 5.41) is 0.596. The van der Waals surface area contributed by atoms with E-state index in [1.807, 2.05) is 37.2 Å². The molecule has 0 radical (unpaired) electrons. The van der Waals surface area contributed by atoms with Gasteiger partial charge in [0, 0.05) is 18.1 Å². The van der Waals surface area contributed by atoms with Crippen LogP contribution >= 0.6 is 11.6 Å². The molecule has 5 unspecified atom stereocenters. The highest BCUT2D eigenvalue weighted by atomic mass is 35.5. The van der Waals surface area contributed by atoms with E-state index in [2.05, 4.69) is 13.8 Å². The molecule has 1 saturated carbocycles. The molecule has 0 saturated heterocycles. The molecule has 29 heavy (non-hydrogen) atoms. The molecule has 1 aromatic rings. The van der Waals surface area contributed by atoms with E-state index >= 15 is 0 Å². The van der Waals surface area contributed by atoms with Crippen molar-refractivity contribution in [3.05, 3.63) is 46.2 Å². The van der Waals surface area contributed by atoms with E-state index in [0.717, 1.165) is 18.4 Å². The van der Waals surface area contributed by atoms with Gasteiger partial charge in [0.2, 0.25) is 0 Å². The van der Waals surface area contributed by atoms with E-state index in [4.69, 9.17) is 16.3 Å². The van der Waals surface area contributed by atoms with Crippen LogP contribution in [0.25, 0.3) is 0 Å². The standard InChI is InChI=1S/C23H29ClN2O3/c1-13-10-17-18(11-14(13)2)29-22-19(21(17)27)20(15-6-5-7-16(24)12-15)26(23(22)28)9-8-25(3)4/h5-7,12-14,17-18,20H,8-11H2,1-4H3. The third-order valence-electron chi connectivity index (χ3n) is 6.76. The number of ketones is 1. The summed E-state index contributed by atoms with van der Waals surface area (Å²) in [4.78, 5) is 30.8. The molecule has 1 amide bonds. The van der Waals surface area contributed by atoms with Crippen LogP contribution in [0.5, 0.6) is 0 Å². The fraction of sp³-hybridized carbons (Fsp3) is 0.565. The van der Waals surface area contributed by atoms with Crippen molar-refractivity contribution in [3.63, 3.8) is 0 Å². The molecule has 1 aromatic carbocycles. The number of carbonyl (C=O) groups is 2. The van der Waals surface area contributed by atoms with Gasteiger partial charge in [0.15, 0.2) is 11.5 Å². The molecule has 2 heterocycles. The average molecular weight is 417 g/mol. The fourth-order valence-electron chi connectivity index (χ4n) is 4.87. The van der Waals surface area contributed by atoms with Crippen LogP contribution in [0.1, 0.15) is 38.3 Å². The second kappa shape index (κ2) is 7.77. The van der Waals surface area contributed by atoms with Gasteiger partial charge in [0.1, 0.15) is 6.10 Å². The van der Waals surface area contributed by atoms with Gasteiger partial charge >= 0.3 is 0 Å². The Morgan fingerprint density at radius 3 is 2.59 bits per heavy atom. The number of Topliss-reactive ketones (excluding diaryl/α,β-unsaturated/α-hetero) is 1. The molecule has 6 heteroatoms. The third kappa shape index (κ3) is 3.59. The normalized spacial score (nSPS) is 31.8. The van der Waals surface area contributed by atoms with Gasteiger partial charge in [0.05, 0.1) is 17.5 Å². The largest absolute Gasteiger partial charge is 0.483 e. The Labute approximate surface area is 177 Å². The summed E-state index contributed by atoms with van der Waals surface area (Å²) in [7, 11) is 3.95. The molecule has 156 valence electrons. The van der Waals surface area contributed by atoms with Crippen LogP contribution in [0.2, 0.25) is 5.02 Å². The number of benzene rings is 1. The summed E-state index contributed by atoms with van der Waals surface area (Å²) in [5.74, 6) is 0.962. The van der Waals surface area contributed by atoms with Gasteiger partial charge < -0.3 is 14.5 Å². The lowest BCUT2D eigenvalue weighted by atomic mass is 9.70. The number of halogens is 1. The van der Waals surface area contributed by atoms with E-state index in [1.54, 1.807) is 11.0 Å². The maximum atomic E-state index is 13.6. The first-order valence-corrected chi connectivity index (χ1v) is 10.8. The lowest BCUT2D eigenvalue weighted by Gasteiger charge is -2.40. The van der Waals surface area contributed by atoms with E-state index in [9.17, 15) is 9.59 Å². The van der Waals surface area contributed by atoms with Gasteiger partial charge in [0.25, 0.3) is 5.91 Å². The maximum Gasteiger partial charge on any atom is 0.290 e. The van der Waals surface area contributed by atoms with E-state index in [-0.39, 0.29) is 29.5 Å². The van der Waals surface area contributed by atoms with Crippen molar-refractivity contribution in [2.75, 3.05) is 27.2 Å². The first-order valence-electron chi connectivity index (χ1n) is 10.4. The maximum absolute atomic E-state index is 13.6. The van der Waals surface area contributed by atoms with Gasteiger partial charge in [-0.15, -0.1) is 0 Å². The number of hydrogen-bond donors (Lipinski definition) is 0. The number of rotatable bonds is 4. The van der Waals surface area contributed by atoms with Gasteiger partial charge in [-0.05, 0) is 56.5 Å². The van der Waals surface area contributed by atoms with Crippen molar-refractivity contribution >= 4 is 23.3 Å². The van der Waals surface area contributed by atoms with Gasteiger partial charge in [-0.1, -0.05) is 37.6 Å². The Morgan fingerprint density at radius 1 is 1.17 bits per heavy atom. The zero-order valence-electron chi connectivity index (χ0n) is 17.5. The van der Waals surface area contributed by atoms with Crippen molar-refractivity contribution in [2.24, 2.45) is 17.8 Å². The van der Waals surface area contributed by atoms with Crippen molar-refractivity contribution in [3.8, 4) is 0 Å². The van der Waals surface area contributed by atoms with E-state index in [1.165, 1.54) is 0 Å². The molecule has 1 aliphatic carbocycles. The molecular formula is C23H29ClN2O3. The number of fused-ring (bicyclic) bond motifs is 1. The minimum Gasteiger partial charge on any atom is -0.483 e. The highest BCUT2D eigenvalue weighted by Gasteiger charge is 2.53. The lowest BCUT2D eigenvalue weighted by Crippen LogP contribution is -2.43. The topological polar surface area (TPSA) is 49.9 Å². The summed E-state index contributed by atoms with van der Waals surface area (Å²) >= 11 is 6.25. The highest BCUT2D eigenvalue weighted by Crippen LogP contribution is 2.48. The zero-order valence-corrected chi connectivity index (χ0v) is 18.3. The molecule has 0 spiro atoms. The Kier molecular flexibility index (Phi) is 5.47. The number of carbonyl (C=O) groups excluding carboxylic acids is 2. The van der Waals surface area contributed by atoms with Crippen LogP contribution in [-0.2, 0) is 14.3 Å². The minimum absolute atomic E-state index is 0.0840. The Bertz CT molecular complexity index is 865. The highest BCUT2D eigenvalue weighted by molar-refractivity contribution is 6.30. The molecule has 0 aromatic heterocycles. The Balaban J connectivity index is 1.75. The van der Waals surface area contributed by atoms with Crippen molar-refractivity contribution in [2.45, 2.75) is 38.8 Å². The average Bonchev–Trinajstić information content (AvgIpc) is 2.94. The SMILES string of the molecule is CC1CC2OC3=C(C(=O)C2CC1C)C(c1cccc(Cl)c1)N(CCN(C)C)C3=O. The van der Waals surface area contributed by atoms with E-state index < -0.39 is 6.04 Å². The third-order valence-corrected chi connectivity index (χ3v) is 6.99. The van der Waals surface area contributed by atoms with Crippen LogP contribution in [0.15, 0.2) is 35.6 Å². The molecule has 0 bridgehead atoms. The minimum atomic E-state index is -0.431. The van der Waals surface area contributed by atoms with Crippen LogP contribution < -0.4 is 0 Å². The van der Waals surface area contributed by atoms with Crippen LogP contribution in [0.4, 0.5) is 0 Å². The number of ether oxygens (including phenoxy) is 1. The fourth-order valence-corrected chi connectivity index (χ4v) is 5.07. The molecule has 4 rings (SSSR count). The number of amides is 1. The van der Waals surface area contributed by atoms with Crippen molar-refractivity contribution < 1.29 is 14.3 Å². The summed E-state index contributed by atoms with van der Waals surface area (Å²) < 4.78 is 6.26. The van der Waals surface area contributed by atoms with Crippen molar-refractivity contribution in [1.82, 2.24) is 9.80 Å². The first kappa shape index (κ1) is 20.4. The monoisotopic (exact) mass is 416 g/mol. The predicted octanol–water partition coefficient (Wildman–Crippen LogP) is 3.69. The van der Waals surface area contributed by atoms with E-state index in [0.29, 0.717) is 35.5 Å². The molecule has 5 atom stereocenters. The molecular weight excluding hydrogens is 388 g/mol. The summed E-state index contributed by atoms with van der Waals surface area (Å²) in [6.07, 6.45) is 1.45. The Hall–Kier alpha value is -1.85. The quantitative estimate of drug-likeness (QED) is 0.751.